The summed E-state index contributed by atoms with van der Waals surface area (Å²) in [5.74, 6) is -0.850. The molecular formula is C20H19FN2O3. The summed E-state index contributed by atoms with van der Waals surface area (Å²) in [5.41, 5.74) is 2.03. The molecular weight excluding hydrogens is 335 g/mol. The van der Waals surface area contributed by atoms with Crippen LogP contribution in [0.3, 0.4) is 0 Å². The Bertz CT molecular complexity index is 1010. The monoisotopic (exact) mass is 354 g/mol. The van der Waals surface area contributed by atoms with Gasteiger partial charge in [0, 0.05) is 17.6 Å². The fraction of sp³-hybridized carbons (Fsp3) is 0.200. The van der Waals surface area contributed by atoms with Gasteiger partial charge in [-0.1, -0.05) is 30.3 Å². The topological polar surface area (TPSA) is 71.2 Å². The first-order valence-electron chi connectivity index (χ1n) is 8.18. The number of fused-ring (bicyclic) bond motifs is 1. The summed E-state index contributed by atoms with van der Waals surface area (Å²) in [6.07, 6.45) is 0. The molecule has 0 unspecified atom stereocenters. The number of hydrogen-bond donors (Lipinski definition) is 2. The van der Waals surface area contributed by atoms with Gasteiger partial charge < -0.3 is 9.72 Å². The van der Waals surface area contributed by atoms with Crippen LogP contribution < -0.4 is 10.9 Å². The van der Waals surface area contributed by atoms with E-state index >= 15 is 0 Å². The quantitative estimate of drug-likeness (QED) is 0.691. The molecule has 1 heterocycles. The molecule has 0 spiro atoms. The number of aryl methyl sites for hydroxylation is 1. The molecule has 6 heteroatoms. The summed E-state index contributed by atoms with van der Waals surface area (Å²) in [4.78, 5) is 27.2. The third kappa shape index (κ3) is 3.65. The third-order valence-electron chi connectivity index (χ3n) is 4.28. The lowest BCUT2D eigenvalue weighted by atomic mass is 10.0. The van der Waals surface area contributed by atoms with Gasteiger partial charge in [-0.05, 0) is 41.6 Å². The van der Waals surface area contributed by atoms with E-state index in [1.165, 1.54) is 19.2 Å². The number of hydrogen-bond acceptors (Lipinski definition) is 4. The fourth-order valence-corrected chi connectivity index (χ4v) is 2.84. The van der Waals surface area contributed by atoms with Crippen molar-refractivity contribution < 1.29 is 13.9 Å². The second-order valence-electron chi connectivity index (χ2n) is 6.06. The molecule has 3 aromatic rings. The highest BCUT2D eigenvalue weighted by atomic mass is 19.1. The van der Waals surface area contributed by atoms with Gasteiger partial charge in [-0.2, -0.15) is 0 Å². The maximum Gasteiger partial charge on any atom is 0.327 e. The standard InChI is InChI=1S/C20H19FN2O3/c1-12-9-14(7-8-16(12)21)18(20(25)26-2)22-11-15-10-13-5-3-4-6-17(13)23-19(15)24/h3-10,18,22H,11H2,1-2H3,(H,23,24)/t18-/m0/s1. The highest BCUT2D eigenvalue weighted by Crippen LogP contribution is 2.19. The largest absolute Gasteiger partial charge is 0.468 e. The Morgan fingerprint density at radius 1 is 1.23 bits per heavy atom. The van der Waals surface area contributed by atoms with E-state index in [2.05, 4.69) is 10.3 Å². The Morgan fingerprint density at radius 3 is 2.73 bits per heavy atom. The van der Waals surface area contributed by atoms with Crippen molar-refractivity contribution >= 4 is 16.9 Å². The Balaban J connectivity index is 1.88. The van der Waals surface area contributed by atoms with E-state index in [9.17, 15) is 14.0 Å². The van der Waals surface area contributed by atoms with Crippen molar-refractivity contribution in [3.05, 3.63) is 81.4 Å². The average Bonchev–Trinajstić information content (AvgIpc) is 2.64. The molecule has 26 heavy (non-hydrogen) atoms. The van der Waals surface area contributed by atoms with Gasteiger partial charge in [0.2, 0.25) is 0 Å². The van der Waals surface area contributed by atoms with Crippen molar-refractivity contribution in [2.45, 2.75) is 19.5 Å². The van der Waals surface area contributed by atoms with Crippen molar-refractivity contribution in [3.8, 4) is 0 Å². The number of benzene rings is 2. The molecule has 1 atom stereocenters. The highest BCUT2D eigenvalue weighted by molar-refractivity contribution is 5.79. The molecule has 1 aromatic heterocycles. The number of halogens is 1. The first kappa shape index (κ1) is 17.8. The molecule has 0 fully saturated rings. The molecule has 2 aromatic carbocycles. The van der Waals surface area contributed by atoms with E-state index in [4.69, 9.17) is 4.74 Å². The lowest BCUT2D eigenvalue weighted by Crippen LogP contribution is -2.31. The number of aromatic nitrogens is 1. The predicted molar refractivity (Wildman–Crippen MR) is 97.3 cm³/mol. The van der Waals surface area contributed by atoms with Gasteiger partial charge in [-0.25, -0.2) is 9.18 Å². The maximum atomic E-state index is 13.5. The van der Waals surface area contributed by atoms with Crippen LogP contribution in [0.2, 0.25) is 0 Å². The maximum absolute atomic E-state index is 13.5. The van der Waals surface area contributed by atoms with Crippen LogP contribution in [0, 0.1) is 12.7 Å². The van der Waals surface area contributed by atoms with Crippen LogP contribution in [0.5, 0.6) is 0 Å². The smallest absolute Gasteiger partial charge is 0.327 e. The zero-order valence-corrected chi connectivity index (χ0v) is 14.5. The molecule has 0 saturated heterocycles. The number of aromatic amines is 1. The number of carbonyl (C=O) groups excluding carboxylic acids is 1. The first-order chi connectivity index (χ1) is 12.5. The van der Waals surface area contributed by atoms with Gasteiger partial charge in [0.1, 0.15) is 11.9 Å². The highest BCUT2D eigenvalue weighted by Gasteiger charge is 2.22. The molecule has 134 valence electrons. The number of nitrogens with one attached hydrogen (secondary N) is 2. The third-order valence-corrected chi connectivity index (χ3v) is 4.28. The van der Waals surface area contributed by atoms with Crippen molar-refractivity contribution in [2.24, 2.45) is 0 Å². The summed E-state index contributed by atoms with van der Waals surface area (Å²) in [7, 11) is 1.29. The number of rotatable bonds is 5. The van der Waals surface area contributed by atoms with Gasteiger partial charge in [-0.3, -0.25) is 10.1 Å². The number of pyridine rings is 1. The Kier molecular flexibility index (Phi) is 5.14. The summed E-state index contributed by atoms with van der Waals surface area (Å²) in [6, 6.07) is 12.9. The second kappa shape index (κ2) is 7.49. The van der Waals surface area contributed by atoms with Gasteiger partial charge in [0.05, 0.1) is 7.11 Å². The second-order valence-corrected chi connectivity index (χ2v) is 6.06. The van der Waals surface area contributed by atoms with E-state index in [1.807, 2.05) is 24.3 Å². The Hall–Kier alpha value is -2.99. The zero-order valence-electron chi connectivity index (χ0n) is 14.5. The number of H-pyrrole nitrogens is 1. The van der Waals surface area contributed by atoms with Crippen molar-refractivity contribution in [1.82, 2.24) is 10.3 Å². The minimum absolute atomic E-state index is 0.163. The van der Waals surface area contributed by atoms with Crippen LogP contribution in [-0.4, -0.2) is 18.1 Å². The molecule has 0 aliphatic rings. The minimum atomic E-state index is -0.801. The number of carbonyl (C=O) groups is 1. The number of esters is 1. The fourth-order valence-electron chi connectivity index (χ4n) is 2.84. The molecule has 0 bridgehead atoms. The van der Waals surface area contributed by atoms with Crippen LogP contribution in [0.1, 0.15) is 22.7 Å². The minimum Gasteiger partial charge on any atom is -0.468 e. The van der Waals surface area contributed by atoms with Gasteiger partial charge >= 0.3 is 5.97 Å². The van der Waals surface area contributed by atoms with Crippen molar-refractivity contribution in [2.75, 3.05) is 7.11 Å². The normalized spacial score (nSPS) is 12.1. The number of ether oxygens (including phenoxy) is 1. The van der Waals surface area contributed by atoms with E-state index < -0.39 is 12.0 Å². The van der Waals surface area contributed by atoms with Gasteiger partial charge in [-0.15, -0.1) is 0 Å². The lowest BCUT2D eigenvalue weighted by Gasteiger charge is -2.17. The van der Waals surface area contributed by atoms with Gasteiger partial charge in [0.15, 0.2) is 0 Å². The summed E-state index contributed by atoms with van der Waals surface area (Å²) < 4.78 is 18.4. The van der Waals surface area contributed by atoms with Crippen LogP contribution >= 0.6 is 0 Å². The van der Waals surface area contributed by atoms with Crippen LogP contribution in [0.4, 0.5) is 4.39 Å². The summed E-state index contributed by atoms with van der Waals surface area (Å²) >= 11 is 0. The van der Waals surface area contributed by atoms with Crippen molar-refractivity contribution in [3.63, 3.8) is 0 Å². The lowest BCUT2D eigenvalue weighted by molar-refractivity contribution is -0.143. The van der Waals surface area contributed by atoms with E-state index in [0.717, 1.165) is 10.9 Å². The molecule has 0 radical (unpaired) electrons. The summed E-state index contributed by atoms with van der Waals surface area (Å²) in [6.45, 7) is 1.79. The molecule has 0 saturated carbocycles. The zero-order chi connectivity index (χ0) is 18.7. The van der Waals surface area contributed by atoms with Crippen LogP contribution in [0.15, 0.2) is 53.3 Å². The van der Waals surface area contributed by atoms with E-state index in [0.29, 0.717) is 16.7 Å². The van der Waals surface area contributed by atoms with E-state index in [1.54, 1.807) is 19.1 Å². The van der Waals surface area contributed by atoms with Crippen molar-refractivity contribution in [1.29, 1.82) is 0 Å². The number of para-hydroxylation sites is 1. The molecule has 2 N–H and O–H groups in total. The van der Waals surface area contributed by atoms with Gasteiger partial charge in [0.25, 0.3) is 5.56 Å². The first-order valence-corrected chi connectivity index (χ1v) is 8.18. The number of methoxy groups -OCH3 is 1. The Morgan fingerprint density at radius 2 is 2.00 bits per heavy atom. The molecule has 3 rings (SSSR count). The van der Waals surface area contributed by atoms with Crippen LogP contribution in [-0.2, 0) is 16.1 Å². The molecule has 5 nitrogen and oxygen atoms in total. The average molecular weight is 354 g/mol. The summed E-state index contributed by atoms with van der Waals surface area (Å²) in [5, 5.41) is 3.94. The predicted octanol–water partition coefficient (Wildman–Crippen LogP) is 2.98. The van der Waals surface area contributed by atoms with Crippen LogP contribution in [0.25, 0.3) is 10.9 Å². The molecule has 0 aliphatic heterocycles. The van der Waals surface area contributed by atoms with E-state index in [-0.39, 0.29) is 17.9 Å². The molecule has 0 aliphatic carbocycles. The molecule has 0 amide bonds. The Labute approximate surface area is 149 Å². The SMILES string of the molecule is COC(=O)[C@@H](NCc1cc2ccccc2[nH]c1=O)c1ccc(F)c(C)c1.